The first kappa shape index (κ1) is 23.9. The second kappa shape index (κ2) is 13.1. The predicted octanol–water partition coefficient (Wildman–Crippen LogP) is 0.673. The van der Waals surface area contributed by atoms with Crippen molar-refractivity contribution in [3.8, 4) is 0 Å². The maximum Gasteiger partial charge on any atom is 0.239 e. The molecule has 1 aromatic carbocycles. The molecule has 0 spiro atoms. The van der Waals surface area contributed by atoms with E-state index in [0.29, 0.717) is 6.54 Å². The van der Waals surface area contributed by atoms with Gasteiger partial charge in [0.2, 0.25) is 11.8 Å². The van der Waals surface area contributed by atoms with Gasteiger partial charge in [-0.15, -0.1) is 24.8 Å². The number of nitrogens with one attached hydrogen (secondary N) is 2. The van der Waals surface area contributed by atoms with E-state index in [-0.39, 0.29) is 49.7 Å². The fourth-order valence-electron chi connectivity index (χ4n) is 1.78. The zero-order valence-electron chi connectivity index (χ0n) is 13.5. The molecule has 0 saturated carbocycles. The quantitative estimate of drug-likeness (QED) is 0.632. The summed E-state index contributed by atoms with van der Waals surface area (Å²) >= 11 is 0. The number of nitrogens with two attached hydrogens (primary N) is 1. The summed E-state index contributed by atoms with van der Waals surface area (Å²) in [5.41, 5.74) is 7.39. The fourth-order valence-corrected chi connectivity index (χ4v) is 1.78. The standard InChI is InChI=1S/C15H24N4O2.2ClH/c1-3-19(2)11-13-6-4-5-12(7-13)9-17-15(21)10-18-14(20)8-16;;/h4-7H,3,8-11,16H2,1-2H3,(H,17,21)(H,18,20);2*1H. The van der Waals surface area contributed by atoms with E-state index in [2.05, 4.69) is 41.6 Å². The molecule has 0 bridgehead atoms. The number of nitrogens with zero attached hydrogens (tertiary/aromatic N) is 1. The number of hydrogen-bond donors (Lipinski definition) is 3. The second-order valence-corrected chi connectivity index (χ2v) is 4.91. The summed E-state index contributed by atoms with van der Waals surface area (Å²) in [6.45, 7) is 4.27. The van der Waals surface area contributed by atoms with Gasteiger partial charge < -0.3 is 21.3 Å². The molecule has 23 heavy (non-hydrogen) atoms. The third-order valence-corrected chi connectivity index (χ3v) is 3.10. The van der Waals surface area contributed by atoms with Crippen LogP contribution in [0.4, 0.5) is 0 Å². The average molecular weight is 365 g/mol. The minimum absolute atomic E-state index is 0. The Bertz CT molecular complexity index is 486. The van der Waals surface area contributed by atoms with Crippen molar-refractivity contribution in [2.24, 2.45) is 5.73 Å². The fraction of sp³-hybridized carbons (Fsp3) is 0.467. The number of benzene rings is 1. The maximum absolute atomic E-state index is 11.6. The van der Waals surface area contributed by atoms with Crippen LogP contribution in [-0.2, 0) is 22.7 Å². The van der Waals surface area contributed by atoms with E-state index < -0.39 is 0 Å². The van der Waals surface area contributed by atoms with Gasteiger partial charge in [-0.1, -0.05) is 31.2 Å². The summed E-state index contributed by atoms with van der Waals surface area (Å²) in [6.07, 6.45) is 0. The van der Waals surface area contributed by atoms with E-state index in [1.165, 1.54) is 5.56 Å². The Kier molecular flexibility index (Phi) is 13.7. The number of rotatable bonds is 8. The van der Waals surface area contributed by atoms with Crippen LogP contribution in [0.25, 0.3) is 0 Å². The van der Waals surface area contributed by atoms with Crippen LogP contribution < -0.4 is 16.4 Å². The molecule has 0 unspecified atom stereocenters. The van der Waals surface area contributed by atoms with Gasteiger partial charge in [0, 0.05) is 13.1 Å². The van der Waals surface area contributed by atoms with Gasteiger partial charge in [-0.25, -0.2) is 0 Å². The van der Waals surface area contributed by atoms with Crippen molar-refractivity contribution < 1.29 is 9.59 Å². The summed E-state index contributed by atoms with van der Waals surface area (Å²) in [4.78, 5) is 24.7. The number of carbonyl (C=O) groups is 2. The highest BCUT2D eigenvalue weighted by atomic mass is 35.5. The van der Waals surface area contributed by atoms with E-state index >= 15 is 0 Å². The molecule has 1 aromatic rings. The molecule has 2 amide bonds. The van der Waals surface area contributed by atoms with Crippen LogP contribution >= 0.6 is 24.8 Å². The van der Waals surface area contributed by atoms with Gasteiger partial charge in [0.05, 0.1) is 13.1 Å². The van der Waals surface area contributed by atoms with Crippen LogP contribution in [0.2, 0.25) is 0 Å². The Morgan fingerprint density at radius 3 is 2.39 bits per heavy atom. The number of amides is 2. The van der Waals surface area contributed by atoms with Crippen molar-refractivity contribution >= 4 is 36.6 Å². The van der Waals surface area contributed by atoms with Crippen LogP contribution in [0, 0.1) is 0 Å². The molecule has 132 valence electrons. The van der Waals surface area contributed by atoms with Gasteiger partial charge in [0.1, 0.15) is 0 Å². The van der Waals surface area contributed by atoms with E-state index in [0.717, 1.165) is 18.7 Å². The molecule has 8 heteroatoms. The van der Waals surface area contributed by atoms with Crippen LogP contribution in [0.1, 0.15) is 18.1 Å². The van der Waals surface area contributed by atoms with Crippen molar-refractivity contribution in [2.45, 2.75) is 20.0 Å². The molecule has 0 saturated heterocycles. The summed E-state index contributed by atoms with van der Waals surface area (Å²) in [5, 5.41) is 5.20. The Balaban J connectivity index is 0. The zero-order valence-corrected chi connectivity index (χ0v) is 15.1. The van der Waals surface area contributed by atoms with Gasteiger partial charge in [-0.05, 0) is 24.7 Å². The van der Waals surface area contributed by atoms with Crippen LogP contribution in [0.3, 0.4) is 0 Å². The van der Waals surface area contributed by atoms with Gasteiger partial charge in [-0.2, -0.15) is 0 Å². The summed E-state index contributed by atoms with van der Waals surface area (Å²) in [5.74, 6) is -0.567. The third kappa shape index (κ3) is 10.1. The molecule has 0 aliphatic rings. The van der Waals surface area contributed by atoms with E-state index in [4.69, 9.17) is 5.73 Å². The first-order valence-electron chi connectivity index (χ1n) is 7.05. The highest BCUT2D eigenvalue weighted by Crippen LogP contribution is 2.07. The molecule has 0 heterocycles. The smallest absolute Gasteiger partial charge is 0.239 e. The lowest BCUT2D eigenvalue weighted by atomic mass is 10.1. The molecular formula is C15H26Cl2N4O2. The third-order valence-electron chi connectivity index (χ3n) is 3.10. The highest BCUT2D eigenvalue weighted by molar-refractivity contribution is 5.86. The molecule has 0 aromatic heterocycles. The lowest BCUT2D eigenvalue weighted by Crippen LogP contribution is -2.39. The minimum atomic E-state index is -0.338. The SMILES string of the molecule is CCN(C)Cc1cccc(CNC(=O)CNC(=O)CN)c1.Cl.Cl. The Morgan fingerprint density at radius 1 is 1.13 bits per heavy atom. The minimum Gasteiger partial charge on any atom is -0.350 e. The highest BCUT2D eigenvalue weighted by Gasteiger charge is 2.04. The maximum atomic E-state index is 11.6. The number of halogens is 2. The number of carbonyl (C=O) groups excluding carboxylic acids is 2. The van der Waals surface area contributed by atoms with Crippen LogP contribution in [0.5, 0.6) is 0 Å². The molecule has 1 rings (SSSR count). The van der Waals surface area contributed by atoms with Crippen molar-refractivity contribution in [2.75, 3.05) is 26.7 Å². The van der Waals surface area contributed by atoms with Crippen molar-refractivity contribution in [3.63, 3.8) is 0 Å². The second-order valence-electron chi connectivity index (χ2n) is 4.91. The average Bonchev–Trinajstić information content (AvgIpc) is 2.50. The van der Waals surface area contributed by atoms with Gasteiger partial charge >= 0.3 is 0 Å². The molecule has 0 fully saturated rings. The molecule has 0 radical (unpaired) electrons. The lowest BCUT2D eigenvalue weighted by Gasteiger charge is -2.14. The van der Waals surface area contributed by atoms with E-state index in [1.54, 1.807) is 0 Å². The van der Waals surface area contributed by atoms with Gasteiger partial charge in [0.25, 0.3) is 0 Å². The summed E-state index contributed by atoms with van der Waals surface area (Å²) in [6, 6.07) is 8.09. The van der Waals surface area contributed by atoms with Crippen molar-refractivity contribution in [1.29, 1.82) is 0 Å². The molecule has 0 aliphatic carbocycles. The van der Waals surface area contributed by atoms with Gasteiger partial charge in [-0.3, -0.25) is 9.59 Å². The molecule has 4 N–H and O–H groups in total. The molecule has 0 atom stereocenters. The summed E-state index contributed by atoms with van der Waals surface area (Å²) in [7, 11) is 2.06. The first-order chi connectivity index (χ1) is 10.0. The van der Waals surface area contributed by atoms with E-state index in [9.17, 15) is 9.59 Å². The van der Waals surface area contributed by atoms with Crippen molar-refractivity contribution in [1.82, 2.24) is 15.5 Å². The lowest BCUT2D eigenvalue weighted by molar-refractivity contribution is -0.125. The zero-order chi connectivity index (χ0) is 15.7. The van der Waals surface area contributed by atoms with Crippen LogP contribution in [0.15, 0.2) is 24.3 Å². The Morgan fingerprint density at radius 2 is 1.78 bits per heavy atom. The van der Waals surface area contributed by atoms with Gasteiger partial charge in [0.15, 0.2) is 0 Å². The summed E-state index contributed by atoms with van der Waals surface area (Å²) < 4.78 is 0. The van der Waals surface area contributed by atoms with Crippen LogP contribution in [-0.4, -0.2) is 43.4 Å². The van der Waals surface area contributed by atoms with Crippen molar-refractivity contribution in [3.05, 3.63) is 35.4 Å². The normalized spacial score (nSPS) is 9.57. The molecule has 6 nitrogen and oxygen atoms in total. The largest absolute Gasteiger partial charge is 0.350 e. The first-order valence-corrected chi connectivity index (χ1v) is 7.05. The topological polar surface area (TPSA) is 87.5 Å². The Labute approximate surface area is 150 Å². The molecular weight excluding hydrogens is 339 g/mol. The molecule has 0 aliphatic heterocycles. The van der Waals surface area contributed by atoms with E-state index in [1.807, 2.05) is 12.1 Å². The monoisotopic (exact) mass is 364 g/mol. The predicted molar refractivity (Wildman–Crippen MR) is 96.9 cm³/mol. The number of hydrogen-bond acceptors (Lipinski definition) is 4. The Hall–Kier alpha value is -1.34.